The molecule has 0 amide bonds. The van der Waals surface area contributed by atoms with Gasteiger partial charge in [-0.25, -0.2) is 8.78 Å². The molecule has 0 N–H and O–H groups in total. The molecule has 2 aliphatic rings. The number of ether oxygens (including phenoxy) is 1. The van der Waals surface area contributed by atoms with Crippen LogP contribution < -0.4 is 4.74 Å². The van der Waals surface area contributed by atoms with Crippen LogP contribution in [-0.2, 0) is 6.42 Å². The van der Waals surface area contributed by atoms with Crippen LogP contribution >= 0.6 is 0 Å². The van der Waals surface area contributed by atoms with Crippen molar-refractivity contribution in [3.8, 4) is 5.75 Å². The quantitative estimate of drug-likeness (QED) is 0.276. The molecule has 0 radical (unpaired) electrons. The first kappa shape index (κ1) is 24.1. The van der Waals surface area contributed by atoms with Gasteiger partial charge < -0.3 is 4.74 Å². The zero-order valence-corrected chi connectivity index (χ0v) is 18.6. The maximum absolute atomic E-state index is 13.9. The van der Waals surface area contributed by atoms with Gasteiger partial charge in [0.15, 0.2) is 17.4 Å². The van der Waals surface area contributed by atoms with E-state index in [-0.39, 0.29) is 0 Å². The first-order valence-electron chi connectivity index (χ1n) is 12.0. The van der Waals surface area contributed by atoms with Crippen LogP contribution in [-0.4, -0.2) is 6.61 Å². The molecule has 0 spiro atoms. The fourth-order valence-corrected chi connectivity index (χ4v) is 5.63. The molecule has 0 aromatic heterocycles. The van der Waals surface area contributed by atoms with E-state index < -0.39 is 24.0 Å². The van der Waals surface area contributed by atoms with Crippen molar-refractivity contribution in [2.24, 2.45) is 23.7 Å². The number of alkyl halides is 2. The highest BCUT2D eigenvalue weighted by molar-refractivity contribution is 5.31. The Balaban J connectivity index is 1.39. The predicted octanol–water partition coefficient (Wildman–Crippen LogP) is 8.47. The molecule has 31 heavy (non-hydrogen) atoms. The van der Waals surface area contributed by atoms with E-state index in [1.165, 1.54) is 57.8 Å². The zero-order chi connectivity index (χ0) is 22.2. The zero-order valence-electron chi connectivity index (χ0n) is 18.6. The molecule has 0 aliphatic heterocycles. The molecular formula is C26H36F4O. The van der Waals surface area contributed by atoms with Crippen LogP contribution in [0.1, 0.15) is 83.1 Å². The maximum Gasteiger partial charge on any atom is 0.387 e. The van der Waals surface area contributed by atoms with Gasteiger partial charge in [0.05, 0.1) is 0 Å². The molecule has 0 saturated heterocycles. The van der Waals surface area contributed by atoms with E-state index in [0.717, 1.165) is 42.7 Å². The van der Waals surface area contributed by atoms with E-state index in [4.69, 9.17) is 0 Å². The summed E-state index contributed by atoms with van der Waals surface area (Å²) in [5.41, 5.74) is 0.509. The lowest BCUT2D eigenvalue weighted by Crippen LogP contribution is -2.26. The molecule has 2 fully saturated rings. The van der Waals surface area contributed by atoms with E-state index in [9.17, 15) is 17.6 Å². The third-order valence-corrected chi connectivity index (χ3v) is 7.43. The number of hydrogen-bond acceptors (Lipinski definition) is 1. The summed E-state index contributed by atoms with van der Waals surface area (Å²) in [5.74, 6) is 0.0560. The Morgan fingerprint density at radius 2 is 1.42 bits per heavy atom. The van der Waals surface area contributed by atoms with Crippen LogP contribution in [0, 0.1) is 35.3 Å². The molecule has 1 aromatic rings. The van der Waals surface area contributed by atoms with E-state index in [1.54, 1.807) is 0 Å². The minimum absolute atomic E-state index is 0.509. The molecule has 5 heteroatoms. The summed E-state index contributed by atoms with van der Waals surface area (Å²) in [6, 6.07) is 2.25. The second-order valence-electron chi connectivity index (χ2n) is 9.48. The fourth-order valence-electron chi connectivity index (χ4n) is 5.63. The van der Waals surface area contributed by atoms with Gasteiger partial charge in [-0.1, -0.05) is 31.9 Å². The molecule has 0 unspecified atom stereocenters. The highest BCUT2D eigenvalue weighted by Gasteiger charge is 2.30. The van der Waals surface area contributed by atoms with Gasteiger partial charge in [0, 0.05) is 0 Å². The average molecular weight is 441 g/mol. The molecule has 174 valence electrons. The molecule has 1 nitrogen and oxygen atoms in total. The number of aryl methyl sites for hydroxylation is 1. The number of hydrogen-bond donors (Lipinski definition) is 0. The maximum atomic E-state index is 13.9. The van der Waals surface area contributed by atoms with Crippen molar-refractivity contribution in [2.75, 3.05) is 0 Å². The second-order valence-corrected chi connectivity index (χ2v) is 9.48. The Kier molecular flexibility index (Phi) is 9.28. The largest absolute Gasteiger partial charge is 0.429 e. The Morgan fingerprint density at radius 1 is 0.871 bits per heavy atom. The average Bonchev–Trinajstić information content (AvgIpc) is 2.76. The molecule has 0 heterocycles. The first-order valence-corrected chi connectivity index (χ1v) is 12.0. The number of benzene rings is 1. The van der Waals surface area contributed by atoms with Gasteiger partial charge >= 0.3 is 6.61 Å². The van der Waals surface area contributed by atoms with Crippen molar-refractivity contribution in [3.63, 3.8) is 0 Å². The number of allylic oxidation sites excluding steroid dienone is 2. The Hall–Kier alpha value is -1.52. The Morgan fingerprint density at radius 3 is 1.94 bits per heavy atom. The third-order valence-electron chi connectivity index (χ3n) is 7.43. The predicted molar refractivity (Wildman–Crippen MR) is 116 cm³/mol. The summed E-state index contributed by atoms with van der Waals surface area (Å²) in [5, 5.41) is 0. The lowest BCUT2D eigenvalue weighted by Gasteiger charge is -2.37. The smallest absolute Gasteiger partial charge is 0.387 e. The molecule has 0 bridgehead atoms. The minimum Gasteiger partial charge on any atom is -0.429 e. The van der Waals surface area contributed by atoms with E-state index in [1.807, 2.05) is 0 Å². The van der Waals surface area contributed by atoms with Gasteiger partial charge in [-0.05, 0) is 106 Å². The molecule has 2 saturated carbocycles. The molecule has 2 aliphatic carbocycles. The van der Waals surface area contributed by atoms with Gasteiger partial charge in [0.25, 0.3) is 0 Å². The molecule has 0 atom stereocenters. The van der Waals surface area contributed by atoms with Crippen LogP contribution in [0.5, 0.6) is 5.75 Å². The Labute approximate surface area is 184 Å². The van der Waals surface area contributed by atoms with Crippen LogP contribution in [0.25, 0.3) is 0 Å². The Bertz CT molecular complexity index is 678. The number of halogens is 4. The van der Waals surface area contributed by atoms with Gasteiger partial charge in [-0.15, -0.1) is 0 Å². The van der Waals surface area contributed by atoms with Crippen LogP contribution in [0.4, 0.5) is 17.6 Å². The fraction of sp³-hybridized carbons (Fsp3) is 0.692. The van der Waals surface area contributed by atoms with Gasteiger partial charge in [0.1, 0.15) is 0 Å². The highest BCUT2D eigenvalue weighted by Crippen LogP contribution is 2.43. The van der Waals surface area contributed by atoms with E-state index in [2.05, 4.69) is 23.8 Å². The van der Waals surface area contributed by atoms with E-state index in [0.29, 0.717) is 17.9 Å². The van der Waals surface area contributed by atoms with Crippen LogP contribution in [0.3, 0.4) is 0 Å². The lowest BCUT2D eigenvalue weighted by molar-refractivity contribution is -0.0546. The van der Waals surface area contributed by atoms with Crippen molar-refractivity contribution in [3.05, 3.63) is 41.5 Å². The summed E-state index contributed by atoms with van der Waals surface area (Å²) >= 11 is 0. The molecule has 3 rings (SSSR count). The van der Waals surface area contributed by atoms with Crippen molar-refractivity contribution >= 4 is 0 Å². The normalized spacial score (nSPS) is 27.2. The summed E-state index contributed by atoms with van der Waals surface area (Å²) in [7, 11) is 0. The standard InChI is InChI=1S/C26H36F4O/c1-2-3-4-5-18-8-12-21(13-9-18)22-14-10-19(11-15-22)6-7-20-16-23(27)25(24(28)17-20)31-26(29)30/h3-4,16-19,21-22,26H,2,5-15H2,1H3. The molecule has 1 aromatic carbocycles. The van der Waals surface area contributed by atoms with Crippen LogP contribution in [0.15, 0.2) is 24.3 Å². The number of rotatable bonds is 9. The van der Waals surface area contributed by atoms with Crippen LogP contribution in [0.2, 0.25) is 0 Å². The van der Waals surface area contributed by atoms with Gasteiger partial charge in [-0.2, -0.15) is 8.78 Å². The second kappa shape index (κ2) is 11.9. The highest BCUT2D eigenvalue weighted by atomic mass is 19.3. The third kappa shape index (κ3) is 7.25. The summed E-state index contributed by atoms with van der Waals surface area (Å²) < 4.78 is 56.3. The van der Waals surface area contributed by atoms with Crippen molar-refractivity contribution in [1.82, 2.24) is 0 Å². The van der Waals surface area contributed by atoms with Crippen molar-refractivity contribution in [1.29, 1.82) is 0 Å². The topological polar surface area (TPSA) is 9.23 Å². The summed E-state index contributed by atoms with van der Waals surface area (Å²) in [6.45, 7) is -1.06. The first-order chi connectivity index (χ1) is 15.0. The van der Waals surface area contributed by atoms with Crippen molar-refractivity contribution in [2.45, 2.75) is 90.6 Å². The van der Waals surface area contributed by atoms with Crippen molar-refractivity contribution < 1.29 is 22.3 Å². The molecular weight excluding hydrogens is 404 g/mol. The summed E-state index contributed by atoms with van der Waals surface area (Å²) in [4.78, 5) is 0. The summed E-state index contributed by atoms with van der Waals surface area (Å²) in [6.07, 6.45) is 18.8. The van der Waals surface area contributed by atoms with Gasteiger partial charge in [-0.3, -0.25) is 0 Å². The van der Waals surface area contributed by atoms with Gasteiger partial charge in [0.2, 0.25) is 0 Å². The van der Waals surface area contributed by atoms with E-state index >= 15 is 0 Å². The SMILES string of the molecule is CCC=CCC1CCC(C2CCC(CCc3cc(F)c(OC(F)F)c(F)c3)CC2)CC1. The lowest BCUT2D eigenvalue weighted by atomic mass is 9.68. The minimum atomic E-state index is -3.24. The monoisotopic (exact) mass is 440 g/mol.